The third-order valence-electron chi connectivity index (χ3n) is 6.28. The van der Waals surface area contributed by atoms with Gasteiger partial charge in [-0.1, -0.05) is 29.6 Å². The van der Waals surface area contributed by atoms with Crippen LogP contribution in [0.3, 0.4) is 0 Å². The van der Waals surface area contributed by atoms with Crippen molar-refractivity contribution < 1.29 is 24.5 Å². The summed E-state index contributed by atoms with van der Waals surface area (Å²) in [4.78, 5) is 22.0. The van der Waals surface area contributed by atoms with Gasteiger partial charge < -0.3 is 26.0 Å². The third-order valence-corrected chi connectivity index (χ3v) is 6.84. The van der Waals surface area contributed by atoms with E-state index in [0.29, 0.717) is 23.1 Å². The van der Waals surface area contributed by atoms with Gasteiger partial charge in [0.2, 0.25) is 0 Å². The summed E-state index contributed by atoms with van der Waals surface area (Å²) in [5, 5.41) is 21.4. The molecule has 0 aromatic heterocycles. The molecule has 2 saturated carbocycles. The van der Waals surface area contributed by atoms with Crippen LogP contribution in [0.2, 0.25) is 10.0 Å². The molecule has 2 aromatic rings. The second-order valence-corrected chi connectivity index (χ2v) is 9.03. The lowest BCUT2D eigenvalue weighted by Gasteiger charge is -2.28. The Morgan fingerprint density at radius 2 is 1.84 bits per heavy atom. The molecular weight excluding hydrogens is 443 g/mol. The number of halogens is 2. The van der Waals surface area contributed by atoms with Gasteiger partial charge in [0.25, 0.3) is 0 Å². The van der Waals surface area contributed by atoms with E-state index < -0.39 is 11.9 Å². The summed E-state index contributed by atoms with van der Waals surface area (Å²) in [6.45, 7) is 0. The van der Waals surface area contributed by atoms with Crippen molar-refractivity contribution in [1.82, 2.24) is 0 Å². The predicted molar refractivity (Wildman–Crippen MR) is 117 cm³/mol. The minimum atomic E-state index is -1.63. The zero-order chi connectivity index (χ0) is 22.3. The first-order valence-electron chi connectivity index (χ1n) is 10.0. The minimum absolute atomic E-state index is 0.0835. The van der Waals surface area contributed by atoms with Crippen LogP contribution in [0.15, 0.2) is 30.3 Å². The number of benzene rings is 2. The molecule has 4 atom stereocenters. The zero-order valence-corrected chi connectivity index (χ0v) is 18.0. The summed E-state index contributed by atoms with van der Waals surface area (Å²) in [6, 6.07) is 7.19. The van der Waals surface area contributed by atoms with Crippen molar-refractivity contribution in [3.63, 3.8) is 0 Å². The van der Waals surface area contributed by atoms with Gasteiger partial charge in [0.1, 0.15) is 11.5 Å². The second-order valence-electron chi connectivity index (χ2n) is 8.22. The van der Waals surface area contributed by atoms with Gasteiger partial charge in [-0.25, -0.2) is 4.79 Å². The van der Waals surface area contributed by atoms with Gasteiger partial charge in [-0.15, -0.1) is 0 Å². The number of phenols is 1. The average molecular weight is 465 g/mol. The molecule has 5 N–H and O–H groups in total. The van der Waals surface area contributed by atoms with Crippen molar-refractivity contribution in [3.05, 3.63) is 45.9 Å². The number of aromatic hydroxyl groups is 1. The Kier molecular flexibility index (Phi) is 6.01. The maximum Gasteiger partial charge on any atom is 0.394 e. The maximum atomic E-state index is 11.3. The standard InChI is InChI=1S/C22H22Cl2N2O5/c23-16-7-12(26-21(28)22(29)30)8-17(24)20(16)31-13-3-4-18(27)15(9-13)19(25)14-6-10-1-2-11(14)5-10/h3-4,7-11,14,19,27H,1-2,5-6,25H2,(H,26,28)(H,29,30). The van der Waals surface area contributed by atoms with E-state index in [1.165, 1.54) is 37.5 Å². The van der Waals surface area contributed by atoms with Gasteiger partial charge in [0, 0.05) is 17.3 Å². The number of ether oxygens (including phenoxy) is 1. The number of anilines is 1. The SMILES string of the molecule is NC(c1cc(Oc2c(Cl)cc(NC(=O)C(=O)O)cc2Cl)ccc1O)C1CC2CCC1C2. The number of phenolic OH excluding ortho intramolecular Hbond substituents is 1. The number of nitrogens with one attached hydrogen (secondary N) is 1. The third kappa shape index (κ3) is 4.44. The maximum absolute atomic E-state index is 11.3. The van der Waals surface area contributed by atoms with Crippen molar-refractivity contribution in [3.8, 4) is 17.2 Å². The summed E-state index contributed by atoms with van der Waals surface area (Å²) in [5.41, 5.74) is 7.29. The van der Waals surface area contributed by atoms with Gasteiger partial charge in [-0.05, 0) is 67.3 Å². The van der Waals surface area contributed by atoms with Crippen LogP contribution >= 0.6 is 23.2 Å². The van der Waals surface area contributed by atoms with E-state index in [1.807, 2.05) is 0 Å². The molecule has 31 heavy (non-hydrogen) atoms. The Morgan fingerprint density at radius 1 is 1.13 bits per heavy atom. The molecule has 0 saturated heterocycles. The van der Waals surface area contributed by atoms with Crippen LogP contribution in [0, 0.1) is 17.8 Å². The number of hydrogen-bond acceptors (Lipinski definition) is 5. The molecule has 2 aromatic carbocycles. The van der Waals surface area contributed by atoms with Gasteiger partial charge in [-0.3, -0.25) is 4.79 Å². The van der Waals surface area contributed by atoms with Crippen LogP contribution < -0.4 is 15.8 Å². The number of carbonyl (C=O) groups is 2. The first-order chi connectivity index (χ1) is 14.7. The average Bonchev–Trinajstić information content (AvgIpc) is 3.35. The molecule has 1 amide bonds. The van der Waals surface area contributed by atoms with Crippen LogP contribution in [0.5, 0.6) is 17.2 Å². The topological polar surface area (TPSA) is 122 Å². The first-order valence-corrected chi connectivity index (χ1v) is 10.8. The quantitative estimate of drug-likeness (QED) is 0.464. The monoisotopic (exact) mass is 464 g/mol. The van der Waals surface area contributed by atoms with Crippen LogP contribution in [0.25, 0.3) is 0 Å². The number of carboxylic acids is 1. The molecule has 2 bridgehead atoms. The fraction of sp³-hybridized carbons (Fsp3) is 0.364. The summed E-state index contributed by atoms with van der Waals surface area (Å²) in [5.74, 6) is -0.508. The molecule has 4 unspecified atom stereocenters. The minimum Gasteiger partial charge on any atom is -0.508 e. The van der Waals surface area contributed by atoms with Crippen LogP contribution in [0.4, 0.5) is 5.69 Å². The lowest BCUT2D eigenvalue weighted by atomic mass is 9.80. The number of fused-ring (bicyclic) bond motifs is 2. The zero-order valence-electron chi connectivity index (χ0n) is 16.5. The molecule has 2 aliphatic carbocycles. The van der Waals surface area contributed by atoms with Crippen molar-refractivity contribution in [1.29, 1.82) is 0 Å². The molecule has 2 fully saturated rings. The van der Waals surface area contributed by atoms with E-state index in [4.69, 9.17) is 38.8 Å². The van der Waals surface area contributed by atoms with Gasteiger partial charge in [-0.2, -0.15) is 0 Å². The molecule has 0 aliphatic heterocycles. The number of carbonyl (C=O) groups excluding carboxylic acids is 1. The van der Waals surface area contributed by atoms with Crippen LogP contribution in [-0.2, 0) is 9.59 Å². The van der Waals surface area contributed by atoms with Crippen molar-refractivity contribution in [2.45, 2.75) is 31.7 Å². The Bertz CT molecular complexity index is 1020. The number of aliphatic carboxylic acids is 1. The normalized spacial score (nSPS) is 22.9. The molecule has 4 rings (SSSR count). The van der Waals surface area contributed by atoms with Crippen molar-refractivity contribution >= 4 is 40.8 Å². The van der Waals surface area contributed by atoms with E-state index in [2.05, 4.69) is 5.32 Å². The molecular formula is C22H22Cl2N2O5. The Labute approximate surface area is 189 Å². The Hall–Kier alpha value is -2.48. The molecule has 2 aliphatic rings. The van der Waals surface area contributed by atoms with Crippen LogP contribution in [0.1, 0.15) is 37.3 Å². The van der Waals surface area contributed by atoms with Gasteiger partial charge >= 0.3 is 11.9 Å². The number of carboxylic acid groups (broad SMARTS) is 1. The fourth-order valence-electron chi connectivity index (χ4n) is 4.86. The van der Waals surface area contributed by atoms with Crippen molar-refractivity contribution in [2.75, 3.05) is 5.32 Å². The lowest BCUT2D eigenvalue weighted by Crippen LogP contribution is -2.26. The predicted octanol–water partition coefficient (Wildman–Crippen LogP) is 4.95. The van der Waals surface area contributed by atoms with E-state index >= 15 is 0 Å². The second kappa shape index (κ2) is 8.57. The molecule has 9 heteroatoms. The summed E-state index contributed by atoms with van der Waals surface area (Å²) >= 11 is 12.5. The molecule has 0 spiro atoms. The molecule has 0 heterocycles. The number of nitrogens with two attached hydrogens (primary N) is 1. The van der Waals surface area contributed by atoms with E-state index in [1.54, 1.807) is 12.1 Å². The number of amides is 1. The first kappa shape index (κ1) is 21.7. The van der Waals surface area contributed by atoms with Gasteiger partial charge in [0.15, 0.2) is 5.75 Å². The highest BCUT2D eigenvalue weighted by molar-refractivity contribution is 6.39. The molecule has 164 valence electrons. The molecule has 7 nitrogen and oxygen atoms in total. The van der Waals surface area contributed by atoms with Crippen molar-refractivity contribution in [2.24, 2.45) is 23.5 Å². The van der Waals surface area contributed by atoms with E-state index in [9.17, 15) is 14.7 Å². The highest BCUT2D eigenvalue weighted by Gasteiger charge is 2.43. The lowest BCUT2D eigenvalue weighted by molar-refractivity contribution is -0.147. The van der Waals surface area contributed by atoms with E-state index in [0.717, 1.165) is 12.3 Å². The molecule has 0 radical (unpaired) electrons. The summed E-state index contributed by atoms with van der Waals surface area (Å²) < 4.78 is 5.86. The number of rotatable bonds is 5. The van der Waals surface area contributed by atoms with Gasteiger partial charge in [0.05, 0.1) is 10.0 Å². The smallest absolute Gasteiger partial charge is 0.394 e. The largest absolute Gasteiger partial charge is 0.508 e. The van der Waals surface area contributed by atoms with E-state index in [-0.39, 0.29) is 33.3 Å². The highest BCUT2D eigenvalue weighted by Crippen LogP contribution is 2.53. The van der Waals surface area contributed by atoms with Crippen LogP contribution in [-0.4, -0.2) is 22.1 Å². The fourth-order valence-corrected chi connectivity index (χ4v) is 5.42. The Balaban J connectivity index is 1.55. The summed E-state index contributed by atoms with van der Waals surface area (Å²) in [6.07, 6.45) is 4.75. The highest BCUT2D eigenvalue weighted by atomic mass is 35.5. The Morgan fingerprint density at radius 3 is 2.42 bits per heavy atom. The summed E-state index contributed by atoms with van der Waals surface area (Å²) in [7, 11) is 0. The number of hydrogen-bond donors (Lipinski definition) is 4.